The Bertz CT molecular complexity index is 227. The van der Waals surface area contributed by atoms with Crippen molar-refractivity contribution >= 4 is 0 Å². The van der Waals surface area contributed by atoms with Crippen LogP contribution >= 0.6 is 0 Å². The van der Waals surface area contributed by atoms with Gasteiger partial charge in [-0.15, -0.1) is 0 Å². The topological polar surface area (TPSA) is 18.5 Å². The zero-order valence-corrected chi connectivity index (χ0v) is 11.7. The van der Waals surface area contributed by atoms with Crippen molar-refractivity contribution in [3.8, 4) is 0 Å². The standard InChI is InChI=1S/C15H28O2/c1-4-5-6-9-13-14(11(2)3)12-8-7-10-16-15(12)17-13/h11-15H,4-10H2,1-3H3/t12-,13?,14-,15+/m0/s1. The summed E-state index contributed by atoms with van der Waals surface area (Å²) in [7, 11) is 0. The lowest BCUT2D eigenvalue weighted by atomic mass is 9.77. The molecule has 0 spiro atoms. The first-order chi connectivity index (χ1) is 8.24. The predicted molar refractivity (Wildman–Crippen MR) is 69.8 cm³/mol. The van der Waals surface area contributed by atoms with Gasteiger partial charge < -0.3 is 9.47 Å². The molecule has 100 valence electrons. The van der Waals surface area contributed by atoms with Gasteiger partial charge in [-0.05, 0) is 31.1 Å². The van der Waals surface area contributed by atoms with Crippen LogP contribution in [0.15, 0.2) is 0 Å². The fourth-order valence-electron chi connectivity index (χ4n) is 3.61. The summed E-state index contributed by atoms with van der Waals surface area (Å²) < 4.78 is 12.0. The molecule has 2 aliphatic heterocycles. The molecular formula is C15H28O2. The van der Waals surface area contributed by atoms with E-state index in [4.69, 9.17) is 9.47 Å². The van der Waals surface area contributed by atoms with Gasteiger partial charge in [0.2, 0.25) is 0 Å². The monoisotopic (exact) mass is 240 g/mol. The van der Waals surface area contributed by atoms with Gasteiger partial charge >= 0.3 is 0 Å². The lowest BCUT2D eigenvalue weighted by molar-refractivity contribution is -0.167. The molecule has 2 heteroatoms. The number of hydrogen-bond acceptors (Lipinski definition) is 2. The number of hydrogen-bond donors (Lipinski definition) is 0. The molecule has 2 saturated heterocycles. The summed E-state index contributed by atoms with van der Waals surface area (Å²) in [6.45, 7) is 7.85. The molecule has 0 saturated carbocycles. The maximum Gasteiger partial charge on any atom is 0.161 e. The average molecular weight is 240 g/mol. The summed E-state index contributed by atoms with van der Waals surface area (Å²) >= 11 is 0. The zero-order chi connectivity index (χ0) is 12.3. The van der Waals surface area contributed by atoms with Crippen molar-refractivity contribution in [2.75, 3.05) is 6.61 Å². The Morgan fingerprint density at radius 3 is 2.76 bits per heavy atom. The van der Waals surface area contributed by atoms with Crippen LogP contribution in [0.25, 0.3) is 0 Å². The molecule has 0 aromatic heterocycles. The van der Waals surface area contributed by atoms with Crippen LogP contribution in [0.1, 0.15) is 59.3 Å². The van der Waals surface area contributed by atoms with Gasteiger partial charge in [0.05, 0.1) is 6.10 Å². The second-order valence-corrected chi connectivity index (χ2v) is 6.04. The molecule has 0 aliphatic carbocycles. The highest BCUT2D eigenvalue weighted by Gasteiger charge is 2.46. The Balaban J connectivity index is 1.94. The fraction of sp³-hybridized carbons (Fsp3) is 1.00. The largest absolute Gasteiger partial charge is 0.352 e. The second kappa shape index (κ2) is 6.19. The Morgan fingerprint density at radius 2 is 2.06 bits per heavy atom. The SMILES string of the molecule is CCCCCC1O[C@H]2OCCC[C@H]2[C@@H]1C(C)C. The van der Waals surface area contributed by atoms with Crippen LogP contribution in [-0.2, 0) is 9.47 Å². The minimum absolute atomic E-state index is 0.114. The van der Waals surface area contributed by atoms with E-state index < -0.39 is 0 Å². The van der Waals surface area contributed by atoms with Gasteiger partial charge in [0, 0.05) is 12.5 Å². The Kier molecular flexibility index (Phi) is 4.87. The number of fused-ring (bicyclic) bond motifs is 1. The van der Waals surface area contributed by atoms with E-state index in [1.165, 1.54) is 38.5 Å². The third-order valence-electron chi connectivity index (χ3n) is 4.41. The van der Waals surface area contributed by atoms with Crippen LogP contribution in [0.5, 0.6) is 0 Å². The average Bonchev–Trinajstić information content (AvgIpc) is 2.67. The summed E-state index contributed by atoms with van der Waals surface area (Å²) in [4.78, 5) is 0. The van der Waals surface area contributed by atoms with Crippen LogP contribution < -0.4 is 0 Å². The van der Waals surface area contributed by atoms with E-state index in [9.17, 15) is 0 Å². The molecule has 0 bridgehead atoms. The van der Waals surface area contributed by atoms with Crippen molar-refractivity contribution in [2.45, 2.75) is 71.7 Å². The molecule has 0 aromatic rings. The molecular weight excluding hydrogens is 212 g/mol. The first-order valence-electron chi connectivity index (χ1n) is 7.51. The van der Waals surface area contributed by atoms with E-state index in [1.807, 2.05) is 0 Å². The lowest BCUT2D eigenvalue weighted by Gasteiger charge is -2.29. The second-order valence-electron chi connectivity index (χ2n) is 6.04. The maximum atomic E-state index is 6.16. The van der Waals surface area contributed by atoms with Crippen molar-refractivity contribution in [3.05, 3.63) is 0 Å². The Hall–Kier alpha value is -0.0800. The van der Waals surface area contributed by atoms with Crippen molar-refractivity contribution in [1.82, 2.24) is 0 Å². The molecule has 17 heavy (non-hydrogen) atoms. The van der Waals surface area contributed by atoms with Crippen LogP contribution in [0.2, 0.25) is 0 Å². The molecule has 2 rings (SSSR count). The summed E-state index contributed by atoms with van der Waals surface area (Å²) in [6.07, 6.45) is 8.25. The van der Waals surface area contributed by atoms with E-state index >= 15 is 0 Å². The van der Waals surface area contributed by atoms with E-state index in [1.54, 1.807) is 0 Å². The third-order valence-corrected chi connectivity index (χ3v) is 4.41. The van der Waals surface area contributed by atoms with Gasteiger partial charge in [0.1, 0.15) is 0 Å². The van der Waals surface area contributed by atoms with Gasteiger partial charge in [0.15, 0.2) is 6.29 Å². The molecule has 0 aromatic carbocycles. The molecule has 0 amide bonds. The smallest absolute Gasteiger partial charge is 0.161 e. The molecule has 2 heterocycles. The highest BCUT2D eigenvalue weighted by atomic mass is 16.7. The zero-order valence-electron chi connectivity index (χ0n) is 11.7. The van der Waals surface area contributed by atoms with Gasteiger partial charge in [-0.2, -0.15) is 0 Å². The number of unbranched alkanes of at least 4 members (excludes halogenated alkanes) is 2. The molecule has 2 nitrogen and oxygen atoms in total. The normalized spacial score (nSPS) is 37.4. The highest BCUT2D eigenvalue weighted by Crippen LogP contribution is 2.44. The molecule has 2 aliphatic rings. The van der Waals surface area contributed by atoms with Crippen LogP contribution in [0, 0.1) is 17.8 Å². The van der Waals surface area contributed by atoms with Crippen molar-refractivity contribution in [2.24, 2.45) is 17.8 Å². The van der Waals surface area contributed by atoms with Gasteiger partial charge in [0.25, 0.3) is 0 Å². The molecule has 0 N–H and O–H groups in total. The highest BCUT2D eigenvalue weighted by molar-refractivity contribution is 4.90. The quantitative estimate of drug-likeness (QED) is 0.676. The van der Waals surface area contributed by atoms with Crippen LogP contribution in [0.4, 0.5) is 0 Å². The summed E-state index contributed by atoms with van der Waals surface area (Å²) in [5.41, 5.74) is 0. The van der Waals surface area contributed by atoms with Gasteiger partial charge in [-0.1, -0.05) is 40.0 Å². The van der Waals surface area contributed by atoms with Crippen molar-refractivity contribution in [3.63, 3.8) is 0 Å². The van der Waals surface area contributed by atoms with E-state index in [0.29, 0.717) is 12.0 Å². The summed E-state index contributed by atoms with van der Waals surface area (Å²) in [5, 5.41) is 0. The van der Waals surface area contributed by atoms with Crippen LogP contribution in [0.3, 0.4) is 0 Å². The fourth-order valence-corrected chi connectivity index (χ4v) is 3.61. The minimum Gasteiger partial charge on any atom is -0.352 e. The third kappa shape index (κ3) is 3.03. The molecule has 2 fully saturated rings. The van der Waals surface area contributed by atoms with Gasteiger partial charge in [-0.3, -0.25) is 0 Å². The molecule has 1 unspecified atom stereocenters. The van der Waals surface area contributed by atoms with E-state index in [2.05, 4.69) is 20.8 Å². The summed E-state index contributed by atoms with van der Waals surface area (Å²) in [5.74, 6) is 2.10. The van der Waals surface area contributed by atoms with Crippen molar-refractivity contribution in [1.29, 1.82) is 0 Å². The van der Waals surface area contributed by atoms with E-state index in [-0.39, 0.29) is 6.29 Å². The predicted octanol–water partition coefficient (Wildman–Crippen LogP) is 3.99. The minimum atomic E-state index is 0.114. The molecule has 0 radical (unpaired) electrons. The lowest BCUT2D eigenvalue weighted by Crippen LogP contribution is -2.31. The maximum absolute atomic E-state index is 6.16. The summed E-state index contributed by atoms with van der Waals surface area (Å²) in [6, 6.07) is 0. The molecule has 4 atom stereocenters. The van der Waals surface area contributed by atoms with Gasteiger partial charge in [-0.25, -0.2) is 0 Å². The number of rotatable bonds is 5. The van der Waals surface area contributed by atoms with Crippen LogP contribution in [-0.4, -0.2) is 19.0 Å². The first kappa shape index (κ1) is 13.4. The van der Waals surface area contributed by atoms with Crippen molar-refractivity contribution < 1.29 is 9.47 Å². The van der Waals surface area contributed by atoms with E-state index in [0.717, 1.165) is 18.4 Å². The Morgan fingerprint density at radius 1 is 1.24 bits per heavy atom. The number of ether oxygens (including phenoxy) is 2. The first-order valence-corrected chi connectivity index (χ1v) is 7.51. The Labute approximate surface area is 106 Å².